The van der Waals surface area contributed by atoms with Crippen molar-refractivity contribution in [2.45, 2.75) is 19.9 Å². The van der Waals surface area contributed by atoms with Gasteiger partial charge in [-0.25, -0.2) is 0 Å². The molecular weight excluding hydrogens is 340 g/mol. The van der Waals surface area contributed by atoms with Crippen LogP contribution in [-0.2, 0) is 17.8 Å². The van der Waals surface area contributed by atoms with Gasteiger partial charge in [-0.3, -0.25) is 19.5 Å². The number of fused-ring (bicyclic) bond motifs is 1. The molecule has 6 nitrogen and oxygen atoms in total. The molecule has 1 aromatic carbocycles. The highest BCUT2D eigenvalue weighted by Gasteiger charge is 2.26. The number of carbonyl (C=O) groups is 2. The van der Waals surface area contributed by atoms with Crippen LogP contribution in [0.2, 0.25) is 0 Å². The monoisotopic (exact) mass is 364 g/mol. The van der Waals surface area contributed by atoms with E-state index in [-0.39, 0.29) is 11.8 Å². The highest BCUT2D eigenvalue weighted by Crippen LogP contribution is 2.29. The summed E-state index contributed by atoms with van der Waals surface area (Å²) >= 11 is 0. The summed E-state index contributed by atoms with van der Waals surface area (Å²) in [6.45, 7) is 6.26. The fourth-order valence-electron chi connectivity index (χ4n) is 3.87. The number of anilines is 1. The van der Waals surface area contributed by atoms with E-state index in [2.05, 4.69) is 9.88 Å². The van der Waals surface area contributed by atoms with E-state index in [4.69, 9.17) is 0 Å². The SMILES string of the molecule is CC(=O)N1CCc2cc(C(=O)N3CCN(Cc4ccccn4)CC3)ccc21. The van der Waals surface area contributed by atoms with Crippen LogP contribution in [-0.4, -0.2) is 59.3 Å². The number of amides is 2. The average molecular weight is 364 g/mol. The van der Waals surface area contributed by atoms with E-state index in [1.807, 2.05) is 47.5 Å². The van der Waals surface area contributed by atoms with Gasteiger partial charge in [0.05, 0.1) is 5.69 Å². The van der Waals surface area contributed by atoms with Gasteiger partial charge in [0.25, 0.3) is 5.91 Å². The summed E-state index contributed by atoms with van der Waals surface area (Å²) in [6, 6.07) is 11.7. The molecule has 27 heavy (non-hydrogen) atoms. The zero-order valence-electron chi connectivity index (χ0n) is 15.6. The van der Waals surface area contributed by atoms with Gasteiger partial charge in [-0.1, -0.05) is 6.07 Å². The first-order valence-corrected chi connectivity index (χ1v) is 9.44. The lowest BCUT2D eigenvalue weighted by Crippen LogP contribution is -2.48. The molecule has 2 aliphatic rings. The maximum atomic E-state index is 12.9. The molecule has 6 heteroatoms. The fourth-order valence-corrected chi connectivity index (χ4v) is 3.87. The summed E-state index contributed by atoms with van der Waals surface area (Å²) in [5.74, 6) is 0.133. The van der Waals surface area contributed by atoms with Gasteiger partial charge in [-0.2, -0.15) is 0 Å². The van der Waals surface area contributed by atoms with Crippen LogP contribution >= 0.6 is 0 Å². The van der Waals surface area contributed by atoms with Gasteiger partial charge in [0.15, 0.2) is 0 Å². The third-order valence-electron chi connectivity index (χ3n) is 5.37. The van der Waals surface area contributed by atoms with Crippen LogP contribution in [0.15, 0.2) is 42.6 Å². The second-order valence-electron chi connectivity index (χ2n) is 7.15. The fraction of sp³-hybridized carbons (Fsp3) is 0.381. The quantitative estimate of drug-likeness (QED) is 0.835. The molecule has 140 valence electrons. The molecule has 1 fully saturated rings. The molecule has 0 saturated carbocycles. The van der Waals surface area contributed by atoms with E-state index in [9.17, 15) is 9.59 Å². The van der Waals surface area contributed by atoms with Crippen molar-refractivity contribution in [2.24, 2.45) is 0 Å². The molecule has 2 amide bonds. The van der Waals surface area contributed by atoms with Gasteiger partial charge < -0.3 is 9.80 Å². The van der Waals surface area contributed by atoms with Gasteiger partial charge in [0.1, 0.15) is 0 Å². The molecule has 2 aromatic rings. The lowest BCUT2D eigenvalue weighted by Gasteiger charge is -2.34. The van der Waals surface area contributed by atoms with Crippen LogP contribution in [0.5, 0.6) is 0 Å². The van der Waals surface area contributed by atoms with Crippen molar-refractivity contribution in [3.8, 4) is 0 Å². The van der Waals surface area contributed by atoms with Crippen molar-refractivity contribution in [3.63, 3.8) is 0 Å². The summed E-state index contributed by atoms with van der Waals surface area (Å²) < 4.78 is 0. The van der Waals surface area contributed by atoms with Crippen LogP contribution in [0.1, 0.15) is 28.5 Å². The van der Waals surface area contributed by atoms with Crippen molar-refractivity contribution in [3.05, 3.63) is 59.4 Å². The first-order chi connectivity index (χ1) is 13.1. The van der Waals surface area contributed by atoms with E-state index in [1.54, 1.807) is 11.8 Å². The molecule has 1 aromatic heterocycles. The Kier molecular flexibility index (Phi) is 4.90. The molecular formula is C21H24N4O2. The lowest BCUT2D eigenvalue weighted by molar-refractivity contribution is -0.116. The van der Waals surface area contributed by atoms with Crippen molar-refractivity contribution >= 4 is 17.5 Å². The highest BCUT2D eigenvalue weighted by atomic mass is 16.2. The largest absolute Gasteiger partial charge is 0.336 e. The summed E-state index contributed by atoms with van der Waals surface area (Å²) in [5.41, 5.74) is 3.81. The van der Waals surface area contributed by atoms with Crippen LogP contribution in [0, 0.1) is 0 Å². The number of piperazine rings is 1. The number of benzene rings is 1. The van der Waals surface area contributed by atoms with Crippen LogP contribution in [0.3, 0.4) is 0 Å². The zero-order valence-corrected chi connectivity index (χ0v) is 15.6. The maximum Gasteiger partial charge on any atom is 0.253 e. The smallest absolute Gasteiger partial charge is 0.253 e. The van der Waals surface area contributed by atoms with Crippen molar-refractivity contribution in [1.82, 2.24) is 14.8 Å². The minimum absolute atomic E-state index is 0.0526. The molecule has 4 rings (SSSR count). The Hall–Kier alpha value is -2.73. The summed E-state index contributed by atoms with van der Waals surface area (Å²) in [5, 5.41) is 0. The molecule has 0 radical (unpaired) electrons. The third-order valence-corrected chi connectivity index (χ3v) is 5.37. The molecule has 0 atom stereocenters. The number of carbonyl (C=O) groups excluding carboxylic acids is 2. The van der Waals surface area contributed by atoms with E-state index >= 15 is 0 Å². The number of aromatic nitrogens is 1. The lowest BCUT2D eigenvalue weighted by atomic mass is 10.1. The molecule has 1 saturated heterocycles. The van der Waals surface area contributed by atoms with Crippen LogP contribution in [0.4, 0.5) is 5.69 Å². The number of hydrogen-bond acceptors (Lipinski definition) is 4. The minimum Gasteiger partial charge on any atom is -0.336 e. The van der Waals surface area contributed by atoms with Crippen LogP contribution in [0.25, 0.3) is 0 Å². The third kappa shape index (κ3) is 3.71. The number of hydrogen-bond donors (Lipinski definition) is 0. The molecule has 0 spiro atoms. The number of rotatable bonds is 3. The number of pyridine rings is 1. The van der Waals surface area contributed by atoms with Gasteiger partial charge in [-0.15, -0.1) is 0 Å². The summed E-state index contributed by atoms with van der Waals surface area (Å²) in [7, 11) is 0. The van der Waals surface area contributed by atoms with Gasteiger partial charge in [0, 0.05) is 63.6 Å². The second kappa shape index (κ2) is 7.48. The van der Waals surface area contributed by atoms with Crippen molar-refractivity contribution in [2.75, 3.05) is 37.6 Å². The topological polar surface area (TPSA) is 56.8 Å². The summed E-state index contributed by atoms with van der Waals surface area (Å²) in [6.07, 6.45) is 2.63. The van der Waals surface area contributed by atoms with Gasteiger partial charge in [0.2, 0.25) is 5.91 Å². The highest BCUT2D eigenvalue weighted by molar-refractivity contribution is 5.98. The normalized spacial score (nSPS) is 17.1. The van der Waals surface area contributed by atoms with Crippen LogP contribution < -0.4 is 4.90 Å². The van der Waals surface area contributed by atoms with Crippen molar-refractivity contribution in [1.29, 1.82) is 0 Å². The molecule has 0 aliphatic carbocycles. The molecule has 2 aliphatic heterocycles. The first kappa shape index (κ1) is 17.7. The maximum absolute atomic E-state index is 12.9. The van der Waals surface area contributed by atoms with E-state index in [0.717, 1.165) is 61.7 Å². The van der Waals surface area contributed by atoms with E-state index < -0.39 is 0 Å². The minimum atomic E-state index is 0.0526. The van der Waals surface area contributed by atoms with Crippen molar-refractivity contribution < 1.29 is 9.59 Å². The standard InChI is InChI=1S/C21H24N4O2/c1-16(26)25-9-7-17-14-18(5-6-20(17)25)21(27)24-12-10-23(11-13-24)15-19-4-2-3-8-22-19/h2-6,8,14H,7,9-13,15H2,1H3. The zero-order chi connectivity index (χ0) is 18.8. The molecule has 3 heterocycles. The number of nitrogens with zero attached hydrogens (tertiary/aromatic N) is 4. The molecule has 0 bridgehead atoms. The Labute approximate surface area is 159 Å². The van der Waals surface area contributed by atoms with E-state index in [0.29, 0.717) is 6.54 Å². The Morgan fingerprint density at radius 2 is 1.85 bits per heavy atom. The Morgan fingerprint density at radius 3 is 2.56 bits per heavy atom. The predicted octanol–water partition coefficient (Wildman–Crippen LogP) is 1.95. The average Bonchev–Trinajstić information content (AvgIpc) is 3.12. The molecule has 0 N–H and O–H groups in total. The van der Waals surface area contributed by atoms with E-state index in [1.165, 1.54) is 0 Å². The first-order valence-electron chi connectivity index (χ1n) is 9.44. The summed E-state index contributed by atoms with van der Waals surface area (Å²) in [4.78, 5) is 35.0. The second-order valence-corrected chi connectivity index (χ2v) is 7.15. The van der Waals surface area contributed by atoms with Gasteiger partial charge in [-0.05, 0) is 42.3 Å². The van der Waals surface area contributed by atoms with Gasteiger partial charge >= 0.3 is 0 Å². The Balaban J connectivity index is 1.38. The predicted molar refractivity (Wildman–Crippen MR) is 104 cm³/mol. The Bertz CT molecular complexity index is 845. The Morgan fingerprint density at radius 1 is 1.04 bits per heavy atom. The molecule has 0 unspecified atom stereocenters.